The quantitative estimate of drug-likeness (QED) is 0.103. The third kappa shape index (κ3) is 11.2. The molecule has 0 bridgehead atoms. The first-order chi connectivity index (χ1) is 16.9. The molecule has 4 amide bonds. The van der Waals surface area contributed by atoms with Gasteiger partial charge in [0.05, 0.1) is 18.8 Å². The molecule has 0 saturated heterocycles. The Balaban J connectivity index is 3.03. The number of H-pyrrole nitrogens is 1. The summed E-state index contributed by atoms with van der Waals surface area (Å²) in [7, 11) is 0. The van der Waals surface area contributed by atoms with Gasteiger partial charge in [-0.15, -0.1) is 0 Å². The van der Waals surface area contributed by atoms with E-state index in [1.54, 1.807) is 6.26 Å². The fourth-order valence-electron chi connectivity index (χ4n) is 2.99. The molecule has 4 unspecified atom stereocenters. The largest absolute Gasteiger partial charge is 0.481 e. The summed E-state index contributed by atoms with van der Waals surface area (Å²) in [6.07, 6.45) is 3.33. The van der Waals surface area contributed by atoms with Crippen molar-refractivity contribution < 1.29 is 39.0 Å². The molecule has 0 fully saturated rings. The van der Waals surface area contributed by atoms with E-state index >= 15 is 0 Å². The summed E-state index contributed by atoms with van der Waals surface area (Å²) >= 11 is 1.38. The molecular weight excluding hydrogens is 498 g/mol. The zero-order chi connectivity index (χ0) is 27.3. The van der Waals surface area contributed by atoms with Gasteiger partial charge in [0.15, 0.2) is 0 Å². The minimum atomic E-state index is -1.48. The normalized spacial score (nSPS) is 14.1. The highest BCUT2D eigenvalue weighted by Crippen LogP contribution is 2.06. The molecule has 0 aliphatic rings. The summed E-state index contributed by atoms with van der Waals surface area (Å²) in [6.45, 7) is 0. The van der Waals surface area contributed by atoms with Crippen LogP contribution in [0.15, 0.2) is 12.5 Å². The third-order valence-electron chi connectivity index (χ3n) is 4.87. The fraction of sp³-hybridized carbons (Fsp3) is 0.550. The standard InChI is InChI=1S/C20H31N7O8S/c1-36-5-4-12(18(32)26-13(20(34)35)2-3-16(29)30)25-19(33)14(6-10-8-23-9-24-10)27-17(31)11(21)7-15(22)28/h8-9,11-14H,2-7,21H2,1H3,(H2,22,28)(H,23,24)(H,25,33)(H,26,32)(H,27,31)(H,29,30)(H,34,35). The average Bonchev–Trinajstić information content (AvgIpc) is 3.30. The smallest absolute Gasteiger partial charge is 0.326 e. The van der Waals surface area contributed by atoms with Gasteiger partial charge < -0.3 is 42.6 Å². The van der Waals surface area contributed by atoms with Crippen LogP contribution in [0.25, 0.3) is 0 Å². The van der Waals surface area contributed by atoms with Crippen LogP contribution in [-0.4, -0.2) is 91.9 Å². The lowest BCUT2D eigenvalue weighted by molar-refractivity contribution is -0.143. The number of nitrogens with two attached hydrogens (primary N) is 2. The van der Waals surface area contributed by atoms with E-state index in [1.165, 1.54) is 24.3 Å². The Morgan fingerprint density at radius 3 is 2.14 bits per heavy atom. The Bertz CT molecular complexity index is 927. The highest BCUT2D eigenvalue weighted by Gasteiger charge is 2.31. The molecule has 1 rings (SSSR count). The molecule has 1 aromatic rings. The number of carboxylic acid groups (broad SMARTS) is 2. The van der Waals surface area contributed by atoms with Crippen LogP contribution in [0.1, 0.15) is 31.4 Å². The molecule has 200 valence electrons. The maximum Gasteiger partial charge on any atom is 0.326 e. The van der Waals surface area contributed by atoms with Crippen LogP contribution in [0.4, 0.5) is 0 Å². The first-order valence-electron chi connectivity index (χ1n) is 10.8. The number of aromatic amines is 1. The Labute approximate surface area is 210 Å². The van der Waals surface area contributed by atoms with E-state index in [1.807, 2.05) is 0 Å². The fourth-order valence-corrected chi connectivity index (χ4v) is 3.46. The minimum Gasteiger partial charge on any atom is -0.481 e. The molecule has 16 heteroatoms. The van der Waals surface area contributed by atoms with Crippen molar-refractivity contribution in [3.05, 3.63) is 18.2 Å². The molecule has 0 aliphatic heterocycles. The summed E-state index contributed by atoms with van der Waals surface area (Å²) in [5.74, 6) is -5.46. The van der Waals surface area contributed by atoms with Crippen molar-refractivity contribution in [2.75, 3.05) is 12.0 Å². The van der Waals surface area contributed by atoms with E-state index in [0.29, 0.717) is 11.4 Å². The first-order valence-corrected chi connectivity index (χ1v) is 12.2. The number of carboxylic acids is 2. The predicted molar refractivity (Wildman–Crippen MR) is 127 cm³/mol. The van der Waals surface area contributed by atoms with E-state index < -0.39 is 72.6 Å². The number of hydrogen-bond acceptors (Lipinski definition) is 9. The number of carbonyl (C=O) groups excluding carboxylic acids is 4. The number of amides is 4. The third-order valence-corrected chi connectivity index (χ3v) is 5.52. The van der Waals surface area contributed by atoms with E-state index in [9.17, 15) is 33.9 Å². The Morgan fingerprint density at radius 2 is 1.61 bits per heavy atom. The second-order valence-corrected chi connectivity index (χ2v) is 8.78. The molecule has 0 radical (unpaired) electrons. The van der Waals surface area contributed by atoms with Crippen LogP contribution in [0, 0.1) is 0 Å². The van der Waals surface area contributed by atoms with E-state index in [2.05, 4.69) is 25.9 Å². The molecule has 0 saturated carbocycles. The molecule has 10 N–H and O–H groups in total. The zero-order valence-corrected chi connectivity index (χ0v) is 20.4. The summed E-state index contributed by atoms with van der Waals surface area (Å²) in [5.41, 5.74) is 11.2. The molecule has 0 aliphatic carbocycles. The Morgan fingerprint density at radius 1 is 1.00 bits per heavy atom. The summed E-state index contributed by atoms with van der Waals surface area (Å²) in [5, 5.41) is 25.3. The highest BCUT2D eigenvalue weighted by atomic mass is 32.2. The van der Waals surface area contributed by atoms with Crippen molar-refractivity contribution in [1.29, 1.82) is 0 Å². The number of primary amides is 1. The van der Waals surface area contributed by atoms with Crippen LogP contribution in [0.3, 0.4) is 0 Å². The zero-order valence-electron chi connectivity index (χ0n) is 19.6. The van der Waals surface area contributed by atoms with Gasteiger partial charge in [0, 0.05) is 24.7 Å². The first kappa shape index (κ1) is 30.4. The van der Waals surface area contributed by atoms with Gasteiger partial charge in [-0.25, -0.2) is 9.78 Å². The molecule has 15 nitrogen and oxygen atoms in total. The molecule has 36 heavy (non-hydrogen) atoms. The number of rotatable bonds is 17. The maximum atomic E-state index is 13.1. The monoisotopic (exact) mass is 529 g/mol. The Kier molecular flexibility index (Phi) is 13.0. The number of nitrogens with one attached hydrogen (secondary N) is 4. The second kappa shape index (κ2) is 15.4. The van der Waals surface area contributed by atoms with Crippen molar-refractivity contribution >= 4 is 47.3 Å². The van der Waals surface area contributed by atoms with Gasteiger partial charge >= 0.3 is 11.9 Å². The van der Waals surface area contributed by atoms with E-state index in [4.69, 9.17) is 16.6 Å². The summed E-state index contributed by atoms with van der Waals surface area (Å²) in [4.78, 5) is 78.3. The van der Waals surface area contributed by atoms with Gasteiger partial charge in [0.1, 0.15) is 18.1 Å². The molecule has 0 spiro atoms. The van der Waals surface area contributed by atoms with Crippen LogP contribution >= 0.6 is 11.8 Å². The highest BCUT2D eigenvalue weighted by molar-refractivity contribution is 7.98. The second-order valence-electron chi connectivity index (χ2n) is 7.79. The lowest BCUT2D eigenvalue weighted by atomic mass is 10.1. The lowest BCUT2D eigenvalue weighted by Gasteiger charge is -2.25. The maximum absolute atomic E-state index is 13.1. The summed E-state index contributed by atoms with van der Waals surface area (Å²) in [6, 6.07) is -5.20. The SMILES string of the molecule is CSCCC(NC(=O)C(Cc1cnc[nH]1)NC(=O)C(N)CC(N)=O)C(=O)NC(CCC(=O)O)C(=O)O. The van der Waals surface area contributed by atoms with E-state index in [0.717, 1.165) is 0 Å². The Hall–Kier alpha value is -3.66. The average molecular weight is 530 g/mol. The number of nitrogens with zero attached hydrogens (tertiary/aromatic N) is 1. The molecule has 4 atom stereocenters. The number of imidazole rings is 1. The molecule has 1 heterocycles. The lowest BCUT2D eigenvalue weighted by Crippen LogP contribution is -2.58. The van der Waals surface area contributed by atoms with Crippen LogP contribution < -0.4 is 27.4 Å². The number of carbonyl (C=O) groups is 6. The van der Waals surface area contributed by atoms with Crippen molar-refractivity contribution in [2.24, 2.45) is 11.5 Å². The van der Waals surface area contributed by atoms with Gasteiger partial charge in [-0.3, -0.25) is 24.0 Å². The molecule has 0 aromatic carbocycles. The van der Waals surface area contributed by atoms with Gasteiger partial charge in [-0.05, 0) is 24.9 Å². The number of thioether (sulfide) groups is 1. The number of aliphatic carboxylic acids is 2. The minimum absolute atomic E-state index is 0.0614. The summed E-state index contributed by atoms with van der Waals surface area (Å²) < 4.78 is 0. The van der Waals surface area contributed by atoms with Gasteiger partial charge in [0.2, 0.25) is 23.6 Å². The number of aromatic nitrogens is 2. The van der Waals surface area contributed by atoms with E-state index in [-0.39, 0.29) is 19.3 Å². The van der Waals surface area contributed by atoms with Crippen LogP contribution in [-0.2, 0) is 35.2 Å². The van der Waals surface area contributed by atoms with Crippen molar-refractivity contribution in [2.45, 2.75) is 56.3 Å². The van der Waals surface area contributed by atoms with Gasteiger partial charge in [0.25, 0.3) is 0 Å². The van der Waals surface area contributed by atoms with Gasteiger partial charge in [-0.1, -0.05) is 0 Å². The van der Waals surface area contributed by atoms with Crippen LogP contribution in [0.5, 0.6) is 0 Å². The number of hydrogen-bond donors (Lipinski definition) is 8. The van der Waals surface area contributed by atoms with Gasteiger partial charge in [-0.2, -0.15) is 11.8 Å². The van der Waals surface area contributed by atoms with Crippen molar-refractivity contribution in [3.63, 3.8) is 0 Å². The van der Waals surface area contributed by atoms with Crippen molar-refractivity contribution in [3.8, 4) is 0 Å². The molecular formula is C20H31N7O8S. The predicted octanol–water partition coefficient (Wildman–Crippen LogP) is -2.69. The molecule has 1 aromatic heterocycles. The topological polar surface area (TPSA) is 260 Å². The van der Waals surface area contributed by atoms with Crippen LogP contribution in [0.2, 0.25) is 0 Å². The van der Waals surface area contributed by atoms with Crippen molar-refractivity contribution in [1.82, 2.24) is 25.9 Å².